The minimum absolute atomic E-state index is 0.973. The highest BCUT2D eigenvalue weighted by molar-refractivity contribution is 7.99. The predicted octanol–water partition coefficient (Wildman–Crippen LogP) is 4.51. The highest BCUT2D eigenvalue weighted by Crippen LogP contribution is 2.48. The lowest BCUT2D eigenvalue weighted by Gasteiger charge is -2.21. The molecular formula is C14H12OS. The number of benzene rings is 2. The zero-order valence-electron chi connectivity index (χ0n) is 9.07. The molecule has 0 radical (unpaired) electrons. The minimum atomic E-state index is 0.973. The second-order valence-corrected chi connectivity index (χ2v) is 4.83. The smallest absolute Gasteiger partial charge is 0.144 e. The van der Waals surface area contributed by atoms with E-state index in [9.17, 15) is 0 Å². The summed E-state index contributed by atoms with van der Waals surface area (Å²) in [5, 5.41) is 0. The summed E-state index contributed by atoms with van der Waals surface area (Å²) in [6, 6.07) is 14.5. The molecule has 1 aliphatic heterocycles. The van der Waals surface area contributed by atoms with Gasteiger partial charge in [-0.15, -0.1) is 0 Å². The van der Waals surface area contributed by atoms with Crippen molar-refractivity contribution in [2.24, 2.45) is 0 Å². The summed E-state index contributed by atoms with van der Waals surface area (Å²) in [5.74, 6) is 2.01. The third kappa shape index (κ3) is 1.50. The maximum absolute atomic E-state index is 5.98. The van der Waals surface area contributed by atoms with Crippen LogP contribution in [0.5, 0.6) is 11.5 Å². The molecule has 1 nitrogen and oxygen atoms in total. The first-order valence-corrected chi connectivity index (χ1v) is 6.27. The van der Waals surface area contributed by atoms with Crippen LogP contribution in [-0.2, 0) is 6.42 Å². The van der Waals surface area contributed by atoms with Crippen molar-refractivity contribution in [3.63, 3.8) is 0 Å². The van der Waals surface area contributed by atoms with Crippen molar-refractivity contribution in [3.05, 3.63) is 48.0 Å². The summed E-state index contributed by atoms with van der Waals surface area (Å²) in [6.07, 6.45) is 1.01. The minimum Gasteiger partial charge on any atom is -0.455 e. The van der Waals surface area contributed by atoms with Gasteiger partial charge in [-0.05, 0) is 30.2 Å². The predicted molar refractivity (Wildman–Crippen MR) is 66.5 cm³/mol. The van der Waals surface area contributed by atoms with E-state index in [1.54, 1.807) is 11.8 Å². The molecule has 1 heterocycles. The molecule has 0 N–H and O–H groups in total. The number of para-hydroxylation sites is 2. The first kappa shape index (κ1) is 9.79. The monoisotopic (exact) mass is 228 g/mol. The fourth-order valence-electron chi connectivity index (χ4n) is 1.88. The van der Waals surface area contributed by atoms with Gasteiger partial charge >= 0.3 is 0 Å². The van der Waals surface area contributed by atoms with E-state index >= 15 is 0 Å². The van der Waals surface area contributed by atoms with Crippen molar-refractivity contribution in [3.8, 4) is 11.5 Å². The Morgan fingerprint density at radius 2 is 1.81 bits per heavy atom. The SMILES string of the molecule is CCc1cccc2c1Oc1ccccc1S2. The first-order chi connectivity index (χ1) is 7.88. The van der Waals surface area contributed by atoms with Crippen LogP contribution in [0.2, 0.25) is 0 Å². The van der Waals surface area contributed by atoms with Crippen molar-refractivity contribution in [1.82, 2.24) is 0 Å². The Morgan fingerprint density at radius 3 is 2.69 bits per heavy atom. The highest BCUT2D eigenvalue weighted by Gasteiger charge is 2.18. The van der Waals surface area contributed by atoms with Crippen molar-refractivity contribution in [2.75, 3.05) is 0 Å². The Labute approximate surface area is 99.4 Å². The molecule has 0 unspecified atom stereocenters. The van der Waals surface area contributed by atoms with Crippen molar-refractivity contribution in [1.29, 1.82) is 0 Å². The first-order valence-electron chi connectivity index (χ1n) is 5.45. The third-order valence-electron chi connectivity index (χ3n) is 2.72. The largest absolute Gasteiger partial charge is 0.455 e. The molecule has 0 atom stereocenters. The van der Waals surface area contributed by atoms with E-state index in [4.69, 9.17) is 4.74 Å². The van der Waals surface area contributed by atoms with Crippen LogP contribution in [0.25, 0.3) is 0 Å². The second kappa shape index (κ2) is 3.87. The Morgan fingerprint density at radius 1 is 1.00 bits per heavy atom. The number of rotatable bonds is 1. The van der Waals surface area contributed by atoms with Gasteiger partial charge in [-0.1, -0.05) is 43.0 Å². The highest BCUT2D eigenvalue weighted by atomic mass is 32.2. The van der Waals surface area contributed by atoms with Gasteiger partial charge in [0.1, 0.15) is 11.5 Å². The number of fused-ring (bicyclic) bond motifs is 2. The molecule has 1 aliphatic rings. The van der Waals surface area contributed by atoms with Gasteiger partial charge in [-0.3, -0.25) is 0 Å². The zero-order valence-corrected chi connectivity index (χ0v) is 9.88. The van der Waals surface area contributed by atoms with Crippen LogP contribution in [0.4, 0.5) is 0 Å². The van der Waals surface area contributed by atoms with Gasteiger partial charge in [-0.25, -0.2) is 0 Å². The Balaban J connectivity index is 2.12. The van der Waals surface area contributed by atoms with Crippen LogP contribution in [0.1, 0.15) is 12.5 Å². The lowest BCUT2D eigenvalue weighted by molar-refractivity contribution is 0.449. The quantitative estimate of drug-likeness (QED) is 0.606. The number of ether oxygens (including phenoxy) is 1. The van der Waals surface area contributed by atoms with Gasteiger partial charge in [0.25, 0.3) is 0 Å². The maximum Gasteiger partial charge on any atom is 0.144 e. The van der Waals surface area contributed by atoms with Crippen molar-refractivity contribution in [2.45, 2.75) is 23.1 Å². The average molecular weight is 228 g/mol. The van der Waals surface area contributed by atoms with Gasteiger partial charge in [0.2, 0.25) is 0 Å². The molecule has 0 aromatic heterocycles. The second-order valence-electron chi connectivity index (χ2n) is 3.75. The lowest BCUT2D eigenvalue weighted by atomic mass is 10.1. The molecular weight excluding hydrogens is 216 g/mol. The number of hydrogen-bond donors (Lipinski definition) is 0. The third-order valence-corrected chi connectivity index (χ3v) is 3.82. The van der Waals surface area contributed by atoms with E-state index in [2.05, 4.69) is 31.2 Å². The van der Waals surface area contributed by atoms with Gasteiger partial charge in [-0.2, -0.15) is 0 Å². The Hall–Kier alpha value is -1.41. The van der Waals surface area contributed by atoms with Crippen LogP contribution in [0, 0.1) is 0 Å². The van der Waals surface area contributed by atoms with Crippen molar-refractivity contribution >= 4 is 11.8 Å². The van der Waals surface area contributed by atoms with E-state index in [1.165, 1.54) is 15.4 Å². The summed E-state index contributed by atoms with van der Waals surface area (Å²) < 4.78 is 5.98. The number of hydrogen-bond acceptors (Lipinski definition) is 2. The van der Waals surface area contributed by atoms with Gasteiger partial charge < -0.3 is 4.74 Å². The summed E-state index contributed by atoms with van der Waals surface area (Å²) >= 11 is 1.79. The molecule has 0 amide bonds. The van der Waals surface area contributed by atoms with Crippen molar-refractivity contribution < 1.29 is 4.74 Å². The summed E-state index contributed by atoms with van der Waals surface area (Å²) in [5.41, 5.74) is 1.28. The standard InChI is InChI=1S/C14H12OS/c1-2-10-6-5-9-13-14(10)15-11-7-3-4-8-12(11)16-13/h3-9H,2H2,1H3. The van der Waals surface area contributed by atoms with Crippen LogP contribution >= 0.6 is 11.8 Å². The zero-order chi connectivity index (χ0) is 11.0. The molecule has 0 spiro atoms. The van der Waals surface area contributed by atoms with Crippen LogP contribution in [0.15, 0.2) is 52.3 Å². The number of aryl methyl sites for hydroxylation is 1. The molecule has 0 saturated carbocycles. The maximum atomic E-state index is 5.98. The van der Waals surface area contributed by atoms with Crippen LogP contribution in [0.3, 0.4) is 0 Å². The topological polar surface area (TPSA) is 9.23 Å². The molecule has 0 bridgehead atoms. The summed E-state index contributed by atoms with van der Waals surface area (Å²) in [6.45, 7) is 2.16. The fraction of sp³-hybridized carbons (Fsp3) is 0.143. The molecule has 0 fully saturated rings. The summed E-state index contributed by atoms with van der Waals surface area (Å²) in [7, 11) is 0. The van der Waals surface area contributed by atoms with E-state index in [0.717, 1.165) is 17.9 Å². The molecule has 2 heteroatoms. The molecule has 2 aromatic rings. The fourth-order valence-corrected chi connectivity index (χ4v) is 2.89. The Kier molecular flexibility index (Phi) is 2.37. The molecule has 16 heavy (non-hydrogen) atoms. The van der Waals surface area contributed by atoms with E-state index in [0.29, 0.717) is 0 Å². The molecule has 3 rings (SSSR count). The van der Waals surface area contributed by atoms with E-state index < -0.39 is 0 Å². The summed E-state index contributed by atoms with van der Waals surface area (Å²) in [4.78, 5) is 2.42. The van der Waals surface area contributed by atoms with Crippen LogP contribution in [-0.4, -0.2) is 0 Å². The molecule has 0 aliphatic carbocycles. The lowest BCUT2D eigenvalue weighted by Crippen LogP contribution is -1.98. The molecule has 0 saturated heterocycles. The van der Waals surface area contributed by atoms with Gasteiger partial charge in [0, 0.05) is 0 Å². The molecule has 80 valence electrons. The Bertz CT molecular complexity index is 534. The van der Waals surface area contributed by atoms with Crippen LogP contribution < -0.4 is 4.74 Å². The normalized spacial score (nSPS) is 12.6. The molecule has 2 aromatic carbocycles. The average Bonchev–Trinajstić information content (AvgIpc) is 2.35. The van der Waals surface area contributed by atoms with Gasteiger partial charge in [0.15, 0.2) is 0 Å². The van der Waals surface area contributed by atoms with E-state index in [1.807, 2.05) is 18.2 Å². The van der Waals surface area contributed by atoms with Gasteiger partial charge in [0.05, 0.1) is 9.79 Å². The van der Waals surface area contributed by atoms with E-state index in [-0.39, 0.29) is 0 Å².